The van der Waals surface area contributed by atoms with Crippen LogP contribution in [0.1, 0.15) is 110 Å². The normalized spacial score (nSPS) is 36.0. The van der Waals surface area contributed by atoms with Gasteiger partial charge in [0.05, 0.1) is 25.4 Å². The van der Waals surface area contributed by atoms with E-state index < -0.39 is 0 Å². The summed E-state index contributed by atoms with van der Waals surface area (Å²) >= 11 is 0. The van der Waals surface area contributed by atoms with Crippen molar-refractivity contribution < 1.29 is 9.47 Å². The van der Waals surface area contributed by atoms with Crippen LogP contribution in [0, 0.1) is 46.3 Å². The molecule has 6 rings (SSSR count). The van der Waals surface area contributed by atoms with E-state index in [1.165, 1.54) is 68.9 Å². The average Bonchev–Trinajstić information content (AvgIpc) is 3.37. The maximum absolute atomic E-state index is 7.02. The third-order valence-electron chi connectivity index (χ3n) is 12.9. The van der Waals surface area contributed by atoms with Crippen molar-refractivity contribution in [2.45, 2.75) is 124 Å². The number of fused-ring (bicyclic) bond motifs is 5. The summed E-state index contributed by atoms with van der Waals surface area (Å²) < 4.78 is 13.6. The smallest absolute Gasteiger partial charge is 0.0797 e. The Morgan fingerprint density at radius 3 is 2.09 bits per heavy atom. The molecule has 4 aliphatic rings. The van der Waals surface area contributed by atoms with E-state index in [1.54, 1.807) is 5.57 Å². The molecule has 0 aliphatic heterocycles. The fourth-order valence-corrected chi connectivity index (χ4v) is 10.5. The van der Waals surface area contributed by atoms with Crippen LogP contribution in [-0.2, 0) is 22.7 Å². The summed E-state index contributed by atoms with van der Waals surface area (Å²) in [6.45, 7) is 14.1. The Hall–Kier alpha value is -1.90. The van der Waals surface area contributed by atoms with E-state index in [4.69, 9.17) is 9.47 Å². The van der Waals surface area contributed by atoms with E-state index in [-0.39, 0.29) is 11.5 Å². The minimum Gasteiger partial charge on any atom is -0.373 e. The van der Waals surface area contributed by atoms with E-state index >= 15 is 0 Å². The maximum Gasteiger partial charge on any atom is 0.0797 e. The zero-order valence-corrected chi connectivity index (χ0v) is 27.8. The van der Waals surface area contributed by atoms with Gasteiger partial charge in [0.1, 0.15) is 0 Å². The molecule has 234 valence electrons. The van der Waals surface area contributed by atoms with Gasteiger partial charge in [0.15, 0.2) is 0 Å². The Labute approximate surface area is 263 Å². The van der Waals surface area contributed by atoms with Gasteiger partial charge in [-0.3, -0.25) is 0 Å². The summed E-state index contributed by atoms with van der Waals surface area (Å²) in [5, 5.41) is 0. The van der Waals surface area contributed by atoms with Gasteiger partial charge < -0.3 is 9.47 Å². The van der Waals surface area contributed by atoms with Crippen molar-refractivity contribution in [1.29, 1.82) is 0 Å². The first-order valence-corrected chi connectivity index (χ1v) is 17.8. The predicted molar refractivity (Wildman–Crippen MR) is 178 cm³/mol. The van der Waals surface area contributed by atoms with Gasteiger partial charge >= 0.3 is 0 Å². The highest BCUT2D eigenvalue weighted by atomic mass is 16.5. The van der Waals surface area contributed by atoms with Crippen LogP contribution in [0.2, 0.25) is 0 Å². The van der Waals surface area contributed by atoms with Gasteiger partial charge in [-0.05, 0) is 102 Å². The molecule has 2 aromatic rings. The number of ether oxygens (including phenoxy) is 2. The summed E-state index contributed by atoms with van der Waals surface area (Å²) in [7, 11) is 0. The minimum atomic E-state index is 0.209. The van der Waals surface area contributed by atoms with Gasteiger partial charge in [-0.2, -0.15) is 0 Å². The molecule has 4 aliphatic carbocycles. The lowest BCUT2D eigenvalue weighted by atomic mass is 9.46. The highest BCUT2D eigenvalue weighted by molar-refractivity contribution is 5.28. The van der Waals surface area contributed by atoms with Crippen molar-refractivity contribution in [1.82, 2.24) is 0 Å². The van der Waals surface area contributed by atoms with Crippen LogP contribution in [0.15, 0.2) is 72.3 Å². The van der Waals surface area contributed by atoms with Gasteiger partial charge in [0, 0.05) is 0 Å². The van der Waals surface area contributed by atoms with Crippen LogP contribution in [0.3, 0.4) is 0 Å². The van der Waals surface area contributed by atoms with Gasteiger partial charge in [-0.1, -0.05) is 126 Å². The lowest BCUT2D eigenvalue weighted by molar-refractivity contribution is -0.121. The van der Waals surface area contributed by atoms with E-state index in [1.807, 2.05) is 0 Å². The van der Waals surface area contributed by atoms with E-state index in [0.717, 1.165) is 36.0 Å². The Balaban J connectivity index is 1.24. The van der Waals surface area contributed by atoms with Crippen molar-refractivity contribution in [3.8, 4) is 0 Å². The Morgan fingerprint density at radius 2 is 1.42 bits per heavy atom. The second-order valence-corrected chi connectivity index (χ2v) is 15.9. The molecule has 43 heavy (non-hydrogen) atoms. The molecule has 0 saturated heterocycles. The number of rotatable bonds is 11. The topological polar surface area (TPSA) is 18.5 Å². The summed E-state index contributed by atoms with van der Waals surface area (Å²) in [5.74, 6) is 4.63. The quantitative estimate of drug-likeness (QED) is 0.245. The largest absolute Gasteiger partial charge is 0.373 e. The number of benzene rings is 2. The van der Waals surface area contributed by atoms with E-state index in [9.17, 15) is 0 Å². The van der Waals surface area contributed by atoms with Crippen molar-refractivity contribution in [2.24, 2.45) is 46.3 Å². The van der Waals surface area contributed by atoms with Crippen LogP contribution in [0.5, 0.6) is 0 Å². The molecular formula is C41H58O2. The molecule has 2 nitrogen and oxygen atoms in total. The van der Waals surface area contributed by atoms with Gasteiger partial charge in [0.25, 0.3) is 0 Å². The van der Waals surface area contributed by atoms with Crippen LogP contribution in [0.4, 0.5) is 0 Å². The summed E-state index contributed by atoms with van der Waals surface area (Å²) in [5.41, 5.74) is 4.94. The van der Waals surface area contributed by atoms with Gasteiger partial charge in [-0.25, -0.2) is 0 Å². The lowest BCUT2D eigenvalue weighted by Gasteiger charge is -2.60. The molecule has 0 aromatic heterocycles. The first-order valence-electron chi connectivity index (χ1n) is 17.8. The molecule has 3 fully saturated rings. The maximum atomic E-state index is 7.02. The van der Waals surface area contributed by atoms with Crippen LogP contribution in [-0.4, -0.2) is 12.2 Å². The molecule has 2 heteroatoms. The summed E-state index contributed by atoms with van der Waals surface area (Å²) in [4.78, 5) is 0. The first kappa shape index (κ1) is 31.1. The van der Waals surface area contributed by atoms with Crippen LogP contribution < -0.4 is 0 Å². The lowest BCUT2D eigenvalue weighted by Crippen LogP contribution is -2.55. The highest BCUT2D eigenvalue weighted by Gasteiger charge is 2.61. The zero-order valence-electron chi connectivity index (χ0n) is 27.8. The minimum absolute atomic E-state index is 0.209. The van der Waals surface area contributed by atoms with E-state index in [2.05, 4.69) is 101 Å². The van der Waals surface area contributed by atoms with Gasteiger partial charge in [0.2, 0.25) is 0 Å². The first-order chi connectivity index (χ1) is 20.8. The second-order valence-electron chi connectivity index (χ2n) is 15.9. The fraction of sp³-hybridized carbons (Fsp3) is 0.659. The average molecular weight is 583 g/mol. The summed E-state index contributed by atoms with van der Waals surface area (Å²) in [6.07, 6.45) is 16.4. The Morgan fingerprint density at radius 1 is 0.744 bits per heavy atom. The third-order valence-corrected chi connectivity index (χ3v) is 12.9. The predicted octanol–water partition coefficient (Wildman–Crippen LogP) is 10.8. The van der Waals surface area contributed by atoms with Gasteiger partial charge in [-0.15, -0.1) is 0 Å². The molecule has 0 radical (unpaired) electrons. The van der Waals surface area contributed by atoms with Crippen LogP contribution in [0.25, 0.3) is 0 Å². The molecule has 0 unspecified atom stereocenters. The standard InChI is InChI=1S/C41H58O2/c1-29(2)13-12-14-30(3)35-19-20-36-39-37(22-24-41(35,36)5)40(4)23-21-34(42-27-31-15-8-6-9-16-31)25-33(40)26-38(39)43-28-32-17-10-7-11-18-32/h6-11,15-18,26,29-30,34-39H,12-14,19-25,27-28H2,1-5H3/t30-,34+,35+,36-,37-,38-,39-,40+,41+/m1/s1. The van der Waals surface area contributed by atoms with E-state index in [0.29, 0.717) is 30.7 Å². The van der Waals surface area contributed by atoms with Crippen LogP contribution >= 0.6 is 0 Å². The van der Waals surface area contributed by atoms with Crippen molar-refractivity contribution in [2.75, 3.05) is 0 Å². The Bertz CT molecular complexity index is 1200. The molecule has 0 heterocycles. The molecule has 0 spiro atoms. The number of hydrogen-bond donors (Lipinski definition) is 0. The molecule has 2 aromatic carbocycles. The monoisotopic (exact) mass is 582 g/mol. The molecule has 3 saturated carbocycles. The zero-order chi connectivity index (χ0) is 30.0. The molecule has 0 bridgehead atoms. The summed E-state index contributed by atoms with van der Waals surface area (Å²) in [6, 6.07) is 21.5. The molecule has 0 amide bonds. The Kier molecular flexibility index (Phi) is 9.56. The molecular weight excluding hydrogens is 524 g/mol. The number of hydrogen-bond acceptors (Lipinski definition) is 2. The SMILES string of the molecule is CC(C)CCC[C@@H](C)[C@@H]1CC[C@@H]2[C@@H]3[C@@H](CC[C@]21C)[C@@]1(C)CC[C@H](OCc2ccccc2)CC1=C[C@H]3OCc1ccccc1. The highest BCUT2D eigenvalue weighted by Crippen LogP contribution is 2.67. The second kappa shape index (κ2) is 13.2. The van der Waals surface area contributed by atoms with Crippen molar-refractivity contribution in [3.05, 3.63) is 83.4 Å². The van der Waals surface area contributed by atoms with Crippen molar-refractivity contribution in [3.63, 3.8) is 0 Å². The molecule has 9 atom stereocenters. The third kappa shape index (κ3) is 6.44. The molecule has 0 N–H and O–H groups in total. The fourth-order valence-electron chi connectivity index (χ4n) is 10.5. The van der Waals surface area contributed by atoms with Crippen molar-refractivity contribution >= 4 is 0 Å².